The lowest BCUT2D eigenvalue weighted by molar-refractivity contribution is -0.944. The third-order valence-corrected chi connectivity index (χ3v) is 3.89. The number of aryl methyl sites for hydroxylation is 1. The highest BCUT2D eigenvalue weighted by Crippen LogP contribution is 2.12. The van der Waals surface area contributed by atoms with Gasteiger partial charge >= 0.3 is 0 Å². The summed E-state index contributed by atoms with van der Waals surface area (Å²) in [5.74, 6) is 0.938. The number of rotatable bonds is 8. The molecule has 0 aromatic heterocycles. The summed E-state index contributed by atoms with van der Waals surface area (Å²) in [6.07, 6.45) is 2.39. The smallest absolute Gasteiger partial charge is 0.127 e. The first-order valence-corrected chi connectivity index (χ1v) is 7.27. The largest absolute Gasteiger partial charge is 0.497 e. The summed E-state index contributed by atoms with van der Waals surface area (Å²) in [5.41, 5.74) is 1.40. The molecule has 0 amide bonds. The van der Waals surface area contributed by atoms with Crippen molar-refractivity contribution in [3.05, 3.63) is 29.8 Å². The van der Waals surface area contributed by atoms with E-state index in [0.29, 0.717) is 6.04 Å². The quantitative estimate of drug-likeness (QED) is 0.660. The number of hydrogen-bond acceptors (Lipinski definition) is 1. The van der Waals surface area contributed by atoms with Crippen molar-refractivity contribution >= 4 is 0 Å². The van der Waals surface area contributed by atoms with E-state index in [1.165, 1.54) is 30.0 Å². The van der Waals surface area contributed by atoms with E-state index in [9.17, 15) is 0 Å². The van der Waals surface area contributed by atoms with Crippen molar-refractivity contribution in [3.8, 4) is 5.75 Å². The molecule has 19 heavy (non-hydrogen) atoms. The van der Waals surface area contributed by atoms with Crippen LogP contribution in [-0.4, -0.2) is 47.4 Å². The third-order valence-electron chi connectivity index (χ3n) is 3.89. The molecule has 0 aliphatic heterocycles. The normalized spacial score (nSPS) is 14.4. The van der Waals surface area contributed by atoms with E-state index in [0.717, 1.165) is 12.2 Å². The molecule has 0 aliphatic rings. The van der Waals surface area contributed by atoms with E-state index in [1.807, 2.05) is 12.1 Å². The molecule has 1 rings (SSSR count). The van der Waals surface area contributed by atoms with Crippen LogP contribution >= 0.6 is 0 Å². The van der Waals surface area contributed by atoms with Crippen LogP contribution in [-0.2, 0) is 6.42 Å². The van der Waals surface area contributed by atoms with Gasteiger partial charge in [-0.05, 0) is 31.0 Å². The van der Waals surface area contributed by atoms with E-state index >= 15 is 0 Å². The van der Waals surface area contributed by atoms with Gasteiger partial charge in [0.05, 0.1) is 34.3 Å². The Morgan fingerprint density at radius 3 is 2.21 bits per heavy atom. The van der Waals surface area contributed by atoms with Crippen molar-refractivity contribution < 1.29 is 14.5 Å². The number of quaternary nitrogens is 2. The molecule has 0 saturated carbocycles. The summed E-state index contributed by atoms with van der Waals surface area (Å²) in [7, 11) is 8.45. The van der Waals surface area contributed by atoms with Gasteiger partial charge in [-0.3, -0.25) is 0 Å². The average molecular weight is 266 g/mol. The Labute approximate surface area is 118 Å². The van der Waals surface area contributed by atoms with Crippen molar-refractivity contribution in [1.82, 2.24) is 0 Å². The zero-order chi connectivity index (χ0) is 14.3. The SMILES string of the molecule is COc1ccc(CC[C@H](C)[NH+](C)CC[NH+](C)C)cc1. The lowest BCUT2D eigenvalue weighted by Crippen LogP contribution is -3.18. The van der Waals surface area contributed by atoms with Gasteiger partial charge in [0.25, 0.3) is 0 Å². The highest BCUT2D eigenvalue weighted by Gasteiger charge is 2.13. The van der Waals surface area contributed by atoms with Gasteiger partial charge in [-0.15, -0.1) is 0 Å². The monoisotopic (exact) mass is 266 g/mol. The third kappa shape index (κ3) is 6.08. The Morgan fingerprint density at radius 1 is 1.05 bits per heavy atom. The molecule has 108 valence electrons. The van der Waals surface area contributed by atoms with Gasteiger partial charge in [0, 0.05) is 6.42 Å². The summed E-state index contributed by atoms with van der Waals surface area (Å²) in [6, 6.07) is 9.15. The van der Waals surface area contributed by atoms with Crippen molar-refractivity contribution in [2.45, 2.75) is 25.8 Å². The molecule has 3 heteroatoms. The minimum Gasteiger partial charge on any atom is -0.497 e. The van der Waals surface area contributed by atoms with Crippen LogP contribution in [0.2, 0.25) is 0 Å². The van der Waals surface area contributed by atoms with Crippen LogP contribution in [0.25, 0.3) is 0 Å². The molecule has 1 aromatic rings. The number of benzene rings is 1. The first kappa shape index (κ1) is 16.0. The number of likely N-dealkylation sites (N-methyl/N-ethyl adjacent to an activating group) is 2. The van der Waals surface area contributed by atoms with Crippen molar-refractivity contribution in [3.63, 3.8) is 0 Å². The molecule has 0 fully saturated rings. The molecule has 0 radical (unpaired) electrons. The molecular weight excluding hydrogens is 236 g/mol. The Bertz CT molecular complexity index is 348. The Balaban J connectivity index is 2.33. The van der Waals surface area contributed by atoms with E-state index < -0.39 is 0 Å². The number of hydrogen-bond donors (Lipinski definition) is 2. The predicted octanol–water partition coefficient (Wildman–Crippen LogP) is -0.324. The first-order chi connectivity index (χ1) is 9.02. The number of nitrogens with one attached hydrogen (secondary N) is 2. The van der Waals surface area contributed by atoms with Gasteiger partial charge in [0.1, 0.15) is 18.8 Å². The molecule has 0 spiro atoms. The fourth-order valence-electron chi connectivity index (χ4n) is 2.12. The maximum atomic E-state index is 5.18. The zero-order valence-corrected chi connectivity index (χ0v) is 13.1. The summed E-state index contributed by atoms with van der Waals surface area (Å²) in [5, 5.41) is 0. The second-order valence-corrected chi connectivity index (χ2v) is 5.84. The summed E-state index contributed by atoms with van der Waals surface area (Å²) >= 11 is 0. The summed E-state index contributed by atoms with van der Waals surface area (Å²) in [4.78, 5) is 3.16. The van der Waals surface area contributed by atoms with E-state index in [-0.39, 0.29) is 0 Å². The molecule has 2 atom stereocenters. The van der Waals surface area contributed by atoms with Crippen molar-refractivity contribution in [2.75, 3.05) is 41.3 Å². The van der Waals surface area contributed by atoms with Crippen molar-refractivity contribution in [1.29, 1.82) is 0 Å². The highest BCUT2D eigenvalue weighted by atomic mass is 16.5. The first-order valence-electron chi connectivity index (χ1n) is 7.27. The van der Waals surface area contributed by atoms with Gasteiger partial charge in [-0.2, -0.15) is 0 Å². The van der Waals surface area contributed by atoms with Crippen LogP contribution in [0, 0.1) is 0 Å². The molecule has 1 unspecified atom stereocenters. The Morgan fingerprint density at radius 2 is 1.68 bits per heavy atom. The topological polar surface area (TPSA) is 18.1 Å². The Kier molecular flexibility index (Phi) is 6.89. The van der Waals surface area contributed by atoms with Gasteiger partial charge in [-0.25, -0.2) is 0 Å². The molecule has 1 aromatic carbocycles. The van der Waals surface area contributed by atoms with Crippen LogP contribution in [0.15, 0.2) is 24.3 Å². The summed E-state index contributed by atoms with van der Waals surface area (Å²) < 4.78 is 5.18. The lowest BCUT2D eigenvalue weighted by atomic mass is 10.1. The van der Waals surface area contributed by atoms with Gasteiger partial charge in [-0.1, -0.05) is 12.1 Å². The van der Waals surface area contributed by atoms with Crippen LogP contribution in [0.1, 0.15) is 18.9 Å². The van der Waals surface area contributed by atoms with Gasteiger partial charge < -0.3 is 14.5 Å². The number of methoxy groups -OCH3 is 1. The molecular formula is C16H30N2O+2. The van der Waals surface area contributed by atoms with Crippen LogP contribution in [0.4, 0.5) is 0 Å². The molecule has 0 aliphatic carbocycles. The van der Waals surface area contributed by atoms with Gasteiger partial charge in [0.15, 0.2) is 0 Å². The molecule has 3 nitrogen and oxygen atoms in total. The van der Waals surface area contributed by atoms with Crippen LogP contribution < -0.4 is 14.5 Å². The fourth-order valence-corrected chi connectivity index (χ4v) is 2.12. The lowest BCUT2D eigenvalue weighted by Gasteiger charge is -2.22. The van der Waals surface area contributed by atoms with Crippen molar-refractivity contribution in [2.24, 2.45) is 0 Å². The maximum Gasteiger partial charge on any atom is 0.127 e. The number of ether oxygens (including phenoxy) is 1. The second-order valence-electron chi connectivity index (χ2n) is 5.84. The Hall–Kier alpha value is -1.06. The standard InChI is InChI=1S/C16H28N2O/c1-14(18(4)13-12-17(2)3)6-7-15-8-10-16(19-5)11-9-15/h8-11,14H,6-7,12-13H2,1-5H3/p+2/t14-/m0/s1. The second kappa shape index (κ2) is 8.18. The van der Waals surface area contributed by atoms with E-state index in [2.05, 4.69) is 40.2 Å². The average Bonchev–Trinajstić information content (AvgIpc) is 2.42. The molecule has 0 heterocycles. The van der Waals surface area contributed by atoms with E-state index in [1.54, 1.807) is 12.0 Å². The highest BCUT2D eigenvalue weighted by molar-refractivity contribution is 5.27. The van der Waals surface area contributed by atoms with Crippen LogP contribution in [0.3, 0.4) is 0 Å². The minimum absolute atomic E-state index is 0.710. The molecule has 0 saturated heterocycles. The maximum absolute atomic E-state index is 5.18. The fraction of sp³-hybridized carbons (Fsp3) is 0.625. The molecule has 0 bridgehead atoms. The van der Waals surface area contributed by atoms with Crippen LogP contribution in [0.5, 0.6) is 5.75 Å². The predicted molar refractivity (Wildman–Crippen MR) is 80.2 cm³/mol. The zero-order valence-electron chi connectivity index (χ0n) is 13.1. The molecule has 2 N–H and O–H groups in total. The summed E-state index contributed by atoms with van der Waals surface area (Å²) in [6.45, 7) is 4.83. The van der Waals surface area contributed by atoms with Gasteiger partial charge in [0.2, 0.25) is 0 Å². The van der Waals surface area contributed by atoms with E-state index in [4.69, 9.17) is 4.74 Å². The minimum atomic E-state index is 0.710.